The summed E-state index contributed by atoms with van der Waals surface area (Å²) in [4.78, 5) is 21.3. The van der Waals surface area contributed by atoms with E-state index < -0.39 is 11.6 Å². The standard InChI is InChI=1S/C29H21ClN4O2S.C4H10O/c1-16-10-23-28(27(22(16)13-26(35)36)17-6-8-21(30)9-7-17)37-29(33-23)19-5-3-4-18(11-19)20-12-25-24(31-14-20)15-32-34(25)2;1-4(2,3)5/h3-12,14-15H,13H2,1-2H3,(H,35,36);5H,1-3H3. The molecular weight excluding hydrogens is 568 g/mol. The van der Waals surface area contributed by atoms with Crippen LogP contribution in [0.5, 0.6) is 0 Å². The first-order valence-corrected chi connectivity index (χ1v) is 14.6. The Balaban J connectivity index is 0.000000652. The molecule has 6 rings (SSSR count). The molecule has 0 saturated heterocycles. The number of rotatable bonds is 5. The number of aliphatic carboxylic acids is 1. The molecule has 0 radical (unpaired) electrons. The minimum absolute atomic E-state index is 0.0636. The third-order valence-corrected chi connectivity index (χ3v) is 7.90. The molecule has 0 amide bonds. The number of thiazole rings is 1. The van der Waals surface area contributed by atoms with Crippen molar-refractivity contribution in [2.24, 2.45) is 7.05 Å². The van der Waals surface area contributed by atoms with E-state index in [9.17, 15) is 9.90 Å². The first-order valence-electron chi connectivity index (χ1n) is 13.4. The molecule has 0 aliphatic heterocycles. The van der Waals surface area contributed by atoms with Crippen LogP contribution in [0.1, 0.15) is 31.9 Å². The first kappa shape index (κ1) is 29.4. The number of aliphatic hydroxyl groups is 1. The van der Waals surface area contributed by atoms with Crippen LogP contribution in [0.3, 0.4) is 0 Å². The molecule has 0 aliphatic rings. The molecule has 0 saturated carbocycles. The summed E-state index contributed by atoms with van der Waals surface area (Å²) < 4.78 is 2.78. The van der Waals surface area contributed by atoms with Gasteiger partial charge < -0.3 is 10.2 Å². The quantitative estimate of drug-likeness (QED) is 0.209. The predicted octanol–water partition coefficient (Wildman–Crippen LogP) is 7.95. The SMILES string of the molecule is CC(C)(C)O.Cc1cc2nc(-c3cccc(-c4cnc5cnn(C)c5c4)c3)sc2c(-c2ccc(Cl)cc2)c1CC(=O)O. The lowest BCUT2D eigenvalue weighted by Gasteiger charge is -2.13. The number of benzene rings is 3. The van der Waals surface area contributed by atoms with Gasteiger partial charge in [0.2, 0.25) is 0 Å². The fourth-order valence-electron chi connectivity index (χ4n) is 4.68. The van der Waals surface area contributed by atoms with Gasteiger partial charge in [0.05, 0.1) is 34.0 Å². The Morgan fingerprint density at radius 3 is 2.33 bits per heavy atom. The van der Waals surface area contributed by atoms with E-state index in [0.717, 1.165) is 65.2 Å². The lowest BCUT2D eigenvalue weighted by Crippen LogP contribution is -2.10. The van der Waals surface area contributed by atoms with Crippen LogP contribution in [-0.2, 0) is 18.3 Å². The average Bonchev–Trinajstić information content (AvgIpc) is 3.52. The van der Waals surface area contributed by atoms with Crippen molar-refractivity contribution in [3.05, 3.63) is 89.2 Å². The van der Waals surface area contributed by atoms with Gasteiger partial charge in [0.25, 0.3) is 0 Å². The Bertz CT molecular complexity index is 1910. The molecule has 9 heteroatoms. The molecule has 3 aromatic carbocycles. The minimum Gasteiger partial charge on any atom is -0.481 e. The average molecular weight is 599 g/mol. The predicted molar refractivity (Wildman–Crippen MR) is 171 cm³/mol. The van der Waals surface area contributed by atoms with Gasteiger partial charge in [-0.05, 0) is 80.3 Å². The van der Waals surface area contributed by atoms with E-state index in [1.165, 1.54) is 0 Å². The molecule has 3 aromatic heterocycles. The summed E-state index contributed by atoms with van der Waals surface area (Å²) in [6.07, 6.45) is 3.56. The smallest absolute Gasteiger partial charge is 0.307 e. The van der Waals surface area contributed by atoms with Crippen molar-refractivity contribution in [1.29, 1.82) is 0 Å². The molecule has 6 aromatic rings. The van der Waals surface area contributed by atoms with E-state index in [1.54, 1.807) is 38.3 Å². The number of aryl methyl sites for hydroxylation is 2. The molecule has 0 aliphatic carbocycles. The fraction of sp³-hybridized carbons (Fsp3) is 0.212. The summed E-state index contributed by atoms with van der Waals surface area (Å²) in [5.41, 5.74) is 8.72. The van der Waals surface area contributed by atoms with E-state index in [-0.39, 0.29) is 6.42 Å². The summed E-state index contributed by atoms with van der Waals surface area (Å²) in [6.45, 7) is 7.17. The summed E-state index contributed by atoms with van der Waals surface area (Å²) in [7, 11) is 1.91. The van der Waals surface area contributed by atoms with Crippen molar-refractivity contribution in [3.8, 4) is 32.8 Å². The van der Waals surface area contributed by atoms with Crippen LogP contribution in [0.2, 0.25) is 5.02 Å². The van der Waals surface area contributed by atoms with Gasteiger partial charge in [-0.15, -0.1) is 11.3 Å². The van der Waals surface area contributed by atoms with E-state index in [1.807, 2.05) is 67.3 Å². The number of carboxylic acids is 1. The molecule has 2 N–H and O–H groups in total. The lowest BCUT2D eigenvalue weighted by atomic mass is 9.93. The van der Waals surface area contributed by atoms with Crippen molar-refractivity contribution in [1.82, 2.24) is 19.7 Å². The number of halogens is 1. The van der Waals surface area contributed by atoms with E-state index >= 15 is 0 Å². The Labute approximate surface area is 253 Å². The summed E-state index contributed by atoms with van der Waals surface area (Å²) in [6, 6.07) is 19.8. The van der Waals surface area contributed by atoms with Crippen LogP contribution in [0, 0.1) is 6.92 Å². The van der Waals surface area contributed by atoms with Crippen LogP contribution in [-0.4, -0.2) is 41.5 Å². The number of hydrogen-bond acceptors (Lipinski definition) is 6. The van der Waals surface area contributed by atoms with Gasteiger partial charge in [-0.1, -0.05) is 41.9 Å². The van der Waals surface area contributed by atoms with Crippen molar-refractivity contribution >= 4 is 50.2 Å². The minimum atomic E-state index is -0.867. The number of hydrogen-bond donors (Lipinski definition) is 2. The lowest BCUT2D eigenvalue weighted by molar-refractivity contribution is -0.136. The number of carbonyl (C=O) groups is 1. The van der Waals surface area contributed by atoms with Gasteiger partial charge in [-0.3, -0.25) is 14.5 Å². The van der Waals surface area contributed by atoms with Crippen molar-refractivity contribution in [3.63, 3.8) is 0 Å². The highest BCUT2D eigenvalue weighted by Crippen LogP contribution is 2.41. The number of nitrogens with zero attached hydrogens (tertiary/aromatic N) is 4. The highest BCUT2D eigenvalue weighted by Gasteiger charge is 2.20. The maximum atomic E-state index is 11.7. The molecule has 3 heterocycles. The third kappa shape index (κ3) is 6.51. The van der Waals surface area contributed by atoms with Gasteiger partial charge in [0.1, 0.15) is 10.5 Å². The maximum absolute atomic E-state index is 11.7. The van der Waals surface area contributed by atoms with Gasteiger partial charge in [-0.2, -0.15) is 5.10 Å². The molecule has 0 bridgehead atoms. The summed E-state index contributed by atoms with van der Waals surface area (Å²) >= 11 is 7.71. The summed E-state index contributed by atoms with van der Waals surface area (Å²) in [5.74, 6) is -0.867. The highest BCUT2D eigenvalue weighted by atomic mass is 35.5. The van der Waals surface area contributed by atoms with Crippen molar-refractivity contribution < 1.29 is 15.0 Å². The molecule has 0 unspecified atom stereocenters. The number of fused-ring (bicyclic) bond motifs is 2. The van der Waals surface area contributed by atoms with Gasteiger partial charge in [-0.25, -0.2) is 4.98 Å². The second kappa shape index (κ2) is 11.6. The van der Waals surface area contributed by atoms with Gasteiger partial charge in [0, 0.05) is 35.0 Å². The Kier molecular flexibility index (Phi) is 8.14. The zero-order valence-electron chi connectivity index (χ0n) is 24.0. The zero-order chi connectivity index (χ0) is 30.2. The number of carboxylic acid groups (broad SMARTS) is 1. The van der Waals surface area contributed by atoms with E-state index in [4.69, 9.17) is 21.7 Å². The second-order valence-corrected chi connectivity index (χ2v) is 12.6. The maximum Gasteiger partial charge on any atom is 0.307 e. The van der Waals surface area contributed by atoms with Crippen molar-refractivity contribution in [2.45, 2.75) is 39.7 Å². The molecule has 214 valence electrons. The number of aromatic nitrogens is 4. The third-order valence-electron chi connectivity index (χ3n) is 6.51. The second-order valence-electron chi connectivity index (χ2n) is 11.1. The molecule has 0 spiro atoms. The monoisotopic (exact) mass is 598 g/mol. The van der Waals surface area contributed by atoms with Crippen LogP contribution >= 0.6 is 22.9 Å². The van der Waals surface area contributed by atoms with Crippen LogP contribution in [0.4, 0.5) is 0 Å². The Morgan fingerprint density at radius 1 is 0.952 bits per heavy atom. The molecular formula is C33H31ClN4O3S. The topological polar surface area (TPSA) is 101 Å². The molecule has 7 nitrogen and oxygen atoms in total. The Hall–Kier alpha value is -4.11. The van der Waals surface area contributed by atoms with Crippen LogP contribution in [0.25, 0.3) is 54.1 Å². The largest absolute Gasteiger partial charge is 0.481 e. The Morgan fingerprint density at radius 2 is 1.64 bits per heavy atom. The van der Waals surface area contributed by atoms with E-state index in [2.05, 4.69) is 28.3 Å². The molecule has 0 atom stereocenters. The van der Waals surface area contributed by atoms with Crippen LogP contribution < -0.4 is 0 Å². The molecule has 42 heavy (non-hydrogen) atoms. The van der Waals surface area contributed by atoms with Gasteiger partial charge >= 0.3 is 5.97 Å². The van der Waals surface area contributed by atoms with Crippen LogP contribution in [0.15, 0.2) is 73.1 Å². The zero-order valence-corrected chi connectivity index (χ0v) is 25.6. The van der Waals surface area contributed by atoms with Gasteiger partial charge in [0.15, 0.2) is 0 Å². The fourth-order valence-corrected chi connectivity index (χ4v) is 5.94. The normalized spacial score (nSPS) is 11.5. The summed E-state index contributed by atoms with van der Waals surface area (Å²) in [5, 5.41) is 23.9. The molecule has 0 fully saturated rings. The van der Waals surface area contributed by atoms with E-state index in [0.29, 0.717) is 5.02 Å². The highest BCUT2D eigenvalue weighted by molar-refractivity contribution is 7.22. The van der Waals surface area contributed by atoms with Crippen molar-refractivity contribution in [2.75, 3.05) is 0 Å². The number of pyridine rings is 1. The first-order chi connectivity index (χ1) is 19.9.